The van der Waals surface area contributed by atoms with Crippen LogP contribution in [0.4, 0.5) is 0 Å². The van der Waals surface area contributed by atoms with Gasteiger partial charge in [-0.05, 0) is 32.3 Å². The van der Waals surface area contributed by atoms with E-state index in [4.69, 9.17) is 4.52 Å². The molecule has 0 fully saturated rings. The number of imidazole rings is 1. The van der Waals surface area contributed by atoms with Gasteiger partial charge in [0.2, 0.25) is 5.91 Å². The molecule has 1 amide bonds. The lowest BCUT2D eigenvalue weighted by atomic mass is 10.1. The number of carbonyl (C=O) groups excluding carboxylic acids is 1. The van der Waals surface area contributed by atoms with Crippen molar-refractivity contribution in [2.75, 3.05) is 0 Å². The molecule has 0 bridgehead atoms. The second-order valence-electron chi connectivity index (χ2n) is 6.38. The molecule has 2 aromatic heterocycles. The lowest BCUT2D eigenvalue weighted by Crippen LogP contribution is -2.29. The molecule has 26 heavy (non-hydrogen) atoms. The molecular weight excluding hydrogens is 328 g/mol. The molecule has 0 unspecified atom stereocenters. The Morgan fingerprint density at radius 1 is 1.27 bits per heavy atom. The summed E-state index contributed by atoms with van der Waals surface area (Å²) < 4.78 is 5.15. The van der Waals surface area contributed by atoms with Gasteiger partial charge in [-0.3, -0.25) is 4.79 Å². The van der Waals surface area contributed by atoms with Crippen molar-refractivity contribution < 1.29 is 9.32 Å². The molecule has 0 aliphatic carbocycles. The van der Waals surface area contributed by atoms with Gasteiger partial charge in [0.25, 0.3) is 0 Å². The fourth-order valence-corrected chi connectivity index (χ4v) is 3.01. The lowest BCUT2D eigenvalue weighted by Gasteiger charge is -2.14. The van der Waals surface area contributed by atoms with Gasteiger partial charge in [0.15, 0.2) is 0 Å². The topological polar surface area (TPSA) is 83.8 Å². The first-order valence-corrected chi connectivity index (χ1v) is 8.90. The van der Waals surface area contributed by atoms with E-state index >= 15 is 0 Å². The Bertz CT molecular complexity index is 848. The molecule has 0 saturated carbocycles. The zero-order chi connectivity index (χ0) is 18.5. The van der Waals surface area contributed by atoms with Gasteiger partial charge in [0.1, 0.15) is 11.6 Å². The predicted octanol–water partition coefficient (Wildman–Crippen LogP) is 3.88. The maximum Gasteiger partial charge on any atom is 0.220 e. The highest BCUT2D eigenvalue weighted by Crippen LogP contribution is 2.21. The molecule has 0 aliphatic heterocycles. The van der Waals surface area contributed by atoms with E-state index in [1.54, 1.807) is 0 Å². The predicted molar refractivity (Wildman–Crippen MR) is 99.5 cm³/mol. The zero-order valence-corrected chi connectivity index (χ0v) is 15.4. The number of carbonyl (C=O) groups is 1. The number of aryl methyl sites for hydroxylation is 2. The van der Waals surface area contributed by atoms with E-state index in [0.29, 0.717) is 12.8 Å². The number of nitrogens with zero attached hydrogens (tertiary/aromatic N) is 2. The summed E-state index contributed by atoms with van der Waals surface area (Å²) in [5.41, 5.74) is 3.88. The fraction of sp³-hybridized carbons (Fsp3) is 0.350. The number of amides is 1. The molecule has 0 spiro atoms. The number of H-pyrrole nitrogens is 1. The van der Waals surface area contributed by atoms with E-state index in [-0.39, 0.29) is 11.9 Å². The van der Waals surface area contributed by atoms with Crippen LogP contribution in [0.25, 0.3) is 11.3 Å². The SMILES string of the molecule is CC[C@@H](NC(=O)CCc1c(C)noc1C)c1ncc(-c2ccccc2)[nH]1. The van der Waals surface area contributed by atoms with Gasteiger partial charge < -0.3 is 14.8 Å². The number of benzene rings is 1. The van der Waals surface area contributed by atoms with Crippen LogP contribution in [-0.2, 0) is 11.2 Å². The summed E-state index contributed by atoms with van der Waals surface area (Å²) >= 11 is 0. The molecular formula is C20H24N4O2. The number of aromatic nitrogens is 3. The highest BCUT2D eigenvalue weighted by Gasteiger charge is 2.17. The standard InChI is InChI=1S/C20H24N4O2/c1-4-17(20-21-12-18(23-20)15-8-6-5-7-9-15)22-19(25)11-10-16-13(2)24-26-14(16)3/h5-9,12,17H,4,10-11H2,1-3H3,(H,21,23)(H,22,25)/t17-/m1/s1. The lowest BCUT2D eigenvalue weighted by molar-refractivity contribution is -0.121. The van der Waals surface area contributed by atoms with Crippen molar-refractivity contribution in [3.05, 3.63) is 59.4 Å². The third-order valence-corrected chi connectivity index (χ3v) is 4.54. The monoisotopic (exact) mass is 352 g/mol. The highest BCUT2D eigenvalue weighted by atomic mass is 16.5. The molecule has 3 rings (SSSR count). The molecule has 0 aliphatic rings. The summed E-state index contributed by atoms with van der Waals surface area (Å²) in [6.07, 6.45) is 3.59. The quantitative estimate of drug-likeness (QED) is 0.676. The molecule has 2 heterocycles. The van der Waals surface area contributed by atoms with Crippen molar-refractivity contribution in [1.29, 1.82) is 0 Å². The van der Waals surface area contributed by atoms with Crippen molar-refractivity contribution in [2.24, 2.45) is 0 Å². The third kappa shape index (κ3) is 4.02. The smallest absolute Gasteiger partial charge is 0.220 e. The first-order chi connectivity index (χ1) is 12.6. The second kappa shape index (κ2) is 7.99. The molecule has 6 nitrogen and oxygen atoms in total. The number of hydrogen-bond acceptors (Lipinski definition) is 4. The average molecular weight is 352 g/mol. The summed E-state index contributed by atoms with van der Waals surface area (Å²) in [5.74, 6) is 1.55. The number of hydrogen-bond donors (Lipinski definition) is 2. The van der Waals surface area contributed by atoms with Crippen LogP contribution >= 0.6 is 0 Å². The maximum atomic E-state index is 12.4. The van der Waals surface area contributed by atoms with E-state index in [1.165, 1.54) is 0 Å². The molecule has 2 N–H and O–H groups in total. The molecule has 0 saturated heterocycles. The van der Waals surface area contributed by atoms with Crippen LogP contribution in [0.1, 0.15) is 48.6 Å². The Balaban J connectivity index is 1.62. The Kier molecular flexibility index (Phi) is 5.51. The van der Waals surface area contributed by atoms with Gasteiger partial charge in [0.05, 0.1) is 23.6 Å². The first kappa shape index (κ1) is 17.9. The van der Waals surface area contributed by atoms with Crippen molar-refractivity contribution >= 4 is 5.91 Å². The average Bonchev–Trinajstić information content (AvgIpc) is 3.26. The molecule has 3 aromatic rings. The molecule has 1 aromatic carbocycles. The van der Waals surface area contributed by atoms with E-state index < -0.39 is 0 Å². The molecule has 0 radical (unpaired) electrons. The van der Waals surface area contributed by atoms with Crippen molar-refractivity contribution in [3.8, 4) is 11.3 Å². The van der Waals surface area contributed by atoms with Gasteiger partial charge in [-0.1, -0.05) is 42.4 Å². The molecule has 6 heteroatoms. The number of nitrogens with one attached hydrogen (secondary N) is 2. The van der Waals surface area contributed by atoms with E-state index in [2.05, 4.69) is 20.4 Å². The Hall–Kier alpha value is -2.89. The third-order valence-electron chi connectivity index (χ3n) is 4.54. The second-order valence-corrected chi connectivity index (χ2v) is 6.38. The Morgan fingerprint density at radius 2 is 2.04 bits per heavy atom. The molecule has 1 atom stereocenters. The van der Waals surface area contributed by atoms with Crippen LogP contribution in [0.5, 0.6) is 0 Å². The summed E-state index contributed by atoms with van der Waals surface area (Å²) in [6, 6.07) is 9.88. The molecule has 136 valence electrons. The van der Waals surface area contributed by atoms with Crippen LogP contribution < -0.4 is 5.32 Å². The summed E-state index contributed by atoms with van der Waals surface area (Å²) in [5, 5.41) is 6.99. The van der Waals surface area contributed by atoms with Crippen LogP contribution in [-0.4, -0.2) is 21.0 Å². The van der Waals surface area contributed by atoms with Crippen LogP contribution in [0.3, 0.4) is 0 Å². The van der Waals surface area contributed by atoms with Crippen LogP contribution in [0.15, 0.2) is 41.1 Å². The van der Waals surface area contributed by atoms with Gasteiger partial charge in [-0.15, -0.1) is 0 Å². The first-order valence-electron chi connectivity index (χ1n) is 8.90. The van der Waals surface area contributed by atoms with Crippen molar-refractivity contribution in [2.45, 2.75) is 46.1 Å². The van der Waals surface area contributed by atoms with Crippen molar-refractivity contribution in [1.82, 2.24) is 20.4 Å². The van der Waals surface area contributed by atoms with Crippen LogP contribution in [0.2, 0.25) is 0 Å². The Morgan fingerprint density at radius 3 is 2.69 bits per heavy atom. The minimum absolute atomic E-state index is 0.00508. The van der Waals surface area contributed by atoms with Gasteiger partial charge in [-0.25, -0.2) is 4.98 Å². The van der Waals surface area contributed by atoms with E-state index in [1.807, 2.05) is 57.3 Å². The van der Waals surface area contributed by atoms with Gasteiger partial charge in [0, 0.05) is 12.0 Å². The summed E-state index contributed by atoms with van der Waals surface area (Å²) in [7, 11) is 0. The minimum atomic E-state index is -0.135. The largest absolute Gasteiger partial charge is 0.361 e. The van der Waals surface area contributed by atoms with Gasteiger partial charge in [-0.2, -0.15) is 0 Å². The van der Waals surface area contributed by atoms with E-state index in [9.17, 15) is 4.79 Å². The van der Waals surface area contributed by atoms with Crippen LogP contribution in [0, 0.1) is 13.8 Å². The highest BCUT2D eigenvalue weighted by molar-refractivity contribution is 5.76. The Labute approximate surface area is 153 Å². The van der Waals surface area contributed by atoms with E-state index in [0.717, 1.165) is 40.5 Å². The summed E-state index contributed by atoms with van der Waals surface area (Å²) in [4.78, 5) is 20.2. The zero-order valence-electron chi connectivity index (χ0n) is 15.4. The fourth-order valence-electron chi connectivity index (χ4n) is 3.01. The van der Waals surface area contributed by atoms with Crippen molar-refractivity contribution in [3.63, 3.8) is 0 Å². The minimum Gasteiger partial charge on any atom is -0.361 e. The maximum absolute atomic E-state index is 12.4. The normalized spacial score (nSPS) is 12.1. The summed E-state index contributed by atoms with van der Waals surface area (Å²) in [6.45, 7) is 5.80. The number of aromatic amines is 1. The number of rotatable bonds is 7. The van der Waals surface area contributed by atoms with Gasteiger partial charge >= 0.3 is 0 Å².